The quantitative estimate of drug-likeness (QED) is 0.324. The maximum absolute atomic E-state index is 9.56. The van der Waals surface area contributed by atoms with Crippen LogP contribution in [0.15, 0.2) is 24.3 Å². The standard InChI is InChI=1S/C12H11NO6/c14-7-4-9(16)8(15)3-6(7)13-5-1-10(17)12(19)11(18)2-5/h1-4,13-19H. The first-order valence-electron chi connectivity index (χ1n) is 5.15. The Balaban J connectivity index is 2.39. The summed E-state index contributed by atoms with van der Waals surface area (Å²) in [7, 11) is 0. The molecule has 0 unspecified atom stereocenters. The summed E-state index contributed by atoms with van der Waals surface area (Å²) in [4.78, 5) is 0. The lowest BCUT2D eigenvalue weighted by molar-refractivity contribution is 0.368. The molecule has 0 saturated heterocycles. The van der Waals surface area contributed by atoms with E-state index in [-0.39, 0.29) is 17.1 Å². The molecule has 0 aromatic heterocycles. The Hall–Kier alpha value is -2.96. The molecule has 2 aromatic rings. The minimum Gasteiger partial charge on any atom is -0.506 e. The number of phenolic OH excluding ortho intramolecular Hbond substituents is 6. The van der Waals surface area contributed by atoms with E-state index in [1.807, 2.05) is 0 Å². The lowest BCUT2D eigenvalue weighted by Crippen LogP contribution is -1.91. The molecule has 2 rings (SSSR count). The van der Waals surface area contributed by atoms with Gasteiger partial charge in [-0.15, -0.1) is 0 Å². The first-order valence-corrected chi connectivity index (χ1v) is 5.15. The van der Waals surface area contributed by atoms with Gasteiger partial charge in [-0.05, 0) is 0 Å². The second-order valence-electron chi connectivity index (χ2n) is 3.85. The highest BCUT2D eigenvalue weighted by molar-refractivity contribution is 5.72. The third-order valence-electron chi connectivity index (χ3n) is 2.44. The Labute approximate surface area is 107 Å². The largest absolute Gasteiger partial charge is 0.506 e. The van der Waals surface area contributed by atoms with Crippen molar-refractivity contribution in [3.05, 3.63) is 24.3 Å². The van der Waals surface area contributed by atoms with E-state index in [1.54, 1.807) is 0 Å². The summed E-state index contributed by atoms with van der Waals surface area (Å²) in [6, 6.07) is 4.21. The highest BCUT2D eigenvalue weighted by Crippen LogP contribution is 2.41. The molecular weight excluding hydrogens is 254 g/mol. The molecule has 0 fully saturated rings. The number of nitrogens with one attached hydrogen (secondary N) is 1. The van der Waals surface area contributed by atoms with Crippen LogP contribution in [0.2, 0.25) is 0 Å². The minimum atomic E-state index is -0.664. The number of hydrogen-bond acceptors (Lipinski definition) is 7. The molecule has 100 valence electrons. The van der Waals surface area contributed by atoms with Crippen LogP contribution in [0.3, 0.4) is 0 Å². The number of aromatic hydroxyl groups is 6. The molecule has 7 N–H and O–H groups in total. The molecule has 0 radical (unpaired) electrons. The van der Waals surface area contributed by atoms with Crippen molar-refractivity contribution in [3.63, 3.8) is 0 Å². The smallest absolute Gasteiger partial charge is 0.200 e. The van der Waals surface area contributed by atoms with E-state index in [0.717, 1.165) is 24.3 Å². The van der Waals surface area contributed by atoms with Gasteiger partial charge in [0.25, 0.3) is 0 Å². The predicted molar refractivity (Wildman–Crippen MR) is 66.2 cm³/mol. The van der Waals surface area contributed by atoms with Gasteiger partial charge in [-0.2, -0.15) is 0 Å². The van der Waals surface area contributed by atoms with Crippen molar-refractivity contribution < 1.29 is 30.6 Å². The van der Waals surface area contributed by atoms with Crippen LogP contribution in [0.25, 0.3) is 0 Å². The zero-order valence-electron chi connectivity index (χ0n) is 9.49. The van der Waals surface area contributed by atoms with Crippen LogP contribution in [0.1, 0.15) is 0 Å². The Morgan fingerprint density at radius 3 is 1.68 bits per heavy atom. The number of rotatable bonds is 2. The second-order valence-corrected chi connectivity index (χ2v) is 3.85. The van der Waals surface area contributed by atoms with Crippen molar-refractivity contribution in [1.82, 2.24) is 0 Å². The average molecular weight is 265 g/mol. The normalized spacial score (nSPS) is 10.3. The first-order chi connectivity index (χ1) is 8.88. The Morgan fingerprint density at radius 2 is 1.11 bits per heavy atom. The molecule has 0 heterocycles. The van der Waals surface area contributed by atoms with E-state index in [0.29, 0.717) is 0 Å². The van der Waals surface area contributed by atoms with E-state index in [9.17, 15) is 25.5 Å². The van der Waals surface area contributed by atoms with Gasteiger partial charge in [-0.1, -0.05) is 0 Å². The SMILES string of the molecule is Oc1cc(O)c(Nc2cc(O)c(O)c(O)c2)cc1O. The maximum atomic E-state index is 9.56. The molecule has 2 aromatic carbocycles. The Kier molecular flexibility index (Phi) is 2.88. The maximum Gasteiger partial charge on any atom is 0.200 e. The van der Waals surface area contributed by atoms with Gasteiger partial charge in [-0.25, -0.2) is 0 Å². The van der Waals surface area contributed by atoms with Crippen LogP contribution in [-0.4, -0.2) is 30.6 Å². The fourth-order valence-corrected chi connectivity index (χ4v) is 1.50. The number of benzene rings is 2. The molecule has 19 heavy (non-hydrogen) atoms. The van der Waals surface area contributed by atoms with E-state index in [1.165, 1.54) is 0 Å². The van der Waals surface area contributed by atoms with Gasteiger partial charge >= 0.3 is 0 Å². The van der Waals surface area contributed by atoms with Crippen molar-refractivity contribution in [2.75, 3.05) is 5.32 Å². The van der Waals surface area contributed by atoms with Gasteiger partial charge in [0.1, 0.15) is 5.75 Å². The summed E-state index contributed by atoms with van der Waals surface area (Å²) in [6.07, 6.45) is 0. The zero-order valence-corrected chi connectivity index (χ0v) is 9.49. The van der Waals surface area contributed by atoms with E-state index in [4.69, 9.17) is 5.11 Å². The molecule has 7 heteroatoms. The summed E-state index contributed by atoms with van der Waals surface area (Å²) in [6.45, 7) is 0. The summed E-state index contributed by atoms with van der Waals surface area (Å²) in [5.41, 5.74) is 0.202. The summed E-state index contributed by atoms with van der Waals surface area (Å²) in [5.74, 6) is -3.05. The van der Waals surface area contributed by atoms with Gasteiger partial charge in [0, 0.05) is 30.0 Å². The van der Waals surface area contributed by atoms with Crippen LogP contribution in [0, 0.1) is 0 Å². The molecule has 0 aliphatic rings. The van der Waals surface area contributed by atoms with Gasteiger partial charge in [0.15, 0.2) is 28.7 Å². The minimum absolute atomic E-state index is 0.0415. The van der Waals surface area contributed by atoms with Crippen LogP contribution in [-0.2, 0) is 0 Å². The monoisotopic (exact) mass is 265 g/mol. The van der Waals surface area contributed by atoms with Crippen LogP contribution >= 0.6 is 0 Å². The first kappa shape index (κ1) is 12.5. The van der Waals surface area contributed by atoms with Crippen molar-refractivity contribution in [2.24, 2.45) is 0 Å². The van der Waals surface area contributed by atoms with Crippen LogP contribution < -0.4 is 5.32 Å². The second kappa shape index (κ2) is 4.37. The predicted octanol–water partition coefficient (Wildman–Crippen LogP) is 1.66. The molecule has 7 nitrogen and oxygen atoms in total. The van der Waals surface area contributed by atoms with E-state index < -0.39 is 28.7 Å². The molecular formula is C12H11NO6. The highest BCUT2D eigenvalue weighted by Gasteiger charge is 2.11. The molecule has 0 aliphatic heterocycles. The summed E-state index contributed by atoms with van der Waals surface area (Å²) >= 11 is 0. The highest BCUT2D eigenvalue weighted by atomic mass is 16.3. The fraction of sp³-hybridized carbons (Fsp3) is 0. The third kappa shape index (κ3) is 2.34. The molecule has 0 aliphatic carbocycles. The lowest BCUT2D eigenvalue weighted by Gasteiger charge is -2.11. The lowest BCUT2D eigenvalue weighted by atomic mass is 10.2. The Bertz CT molecular complexity index is 617. The van der Waals surface area contributed by atoms with Gasteiger partial charge in [0.2, 0.25) is 0 Å². The molecule has 0 saturated carbocycles. The molecule has 0 bridgehead atoms. The van der Waals surface area contributed by atoms with E-state index in [2.05, 4.69) is 5.32 Å². The van der Waals surface area contributed by atoms with E-state index >= 15 is 0 Å². The zero-order chi connectivity index (χ0) is 14.2. The third-order valence-corrected chi connectivity index (χ3v) is 2.44. The van der Waals surface area contributed by atoms with Gasteiger partial charge < -0.3 is 36.0 Å². The van der Waals surface area contributed by atoms with Crippen molar-refractivity contribution >= 4 is 11.4 Å². The van der Waals surface area contributed by atoms with Crippen molar-refractivity contribution in [3.8, 4) is 34.5 Å². The van der Waals surface area contributed by atoms with Crippen LogP contribution in [0.5, 0.6) is 34.5 Å². The average Bonchev–Trinajstić information content (AvgIpc) is 2.33. The number of hydrogen-bond donors (Lipinski definition) is 7. The summed E-state index contributed by atoms with van der Waals surface area (Å²) < 4.78 is 0. The van der Waals surface area contributed by atoms with Crippen molar-refractivity contribution in [2.45, 2.75) is 0 Å². The summed E-state index contributed by atoms with van der Waals surface area (Å²) in [5, 5.41) is 58.5. The van der Waals surface area contributed by atoms with Crippen LogP contribution in [0.4, 0.5) is 11.4 Å². The van der Waals surface area contributed by atoms with Crippen molar-refractivity contribution in [1.29, 1.82) is 0 Å². The molecule has 0 spiro atoms. The number of anilines is 2. The molecule has 0 amide bonds. The topological polar surface area (TPSA) is 133 Å². The number of phenols is 6. The van der Waals surface area contributed by atoms with Gasteiger partial charge in [-0.3, -0.25) is 0 Å². The Morgan fingerprint density at radius 1 is 0.579 bits per heavy atom. The van der Waals surface area contributed by atoms with Gasteiger partial charge in [0.05, 0.1) is 5.69 Å². The molecule has 0 atom stereocenters. The fourth-order valence-electron chi connectivity index (χ4n) is 1.50.